The Morgan fingerprint density at radius 2 is 1.74 bits per heavy atom. The number of carbonyl (C=O) groups is 1. The zero-order valence-electron chi connectivity index (χ0n) is 27.0. The van der Waals surface area contributed by atoms with Gasteiger partial charge >= 0.3 is 0 Å². The van der Waals surface area contributed by atoms with Crippen LogP contribution in [0.15, 0.2) is 18.3 Å². The third-order valence-electron chi connectivity index (χ3n) is 12.8. The standard InChI is InChI=1S/C34H54N2O6S/c1-7-24-28-18-23(37)12-15-34(28,6)27-13-16-33(5)25(9-10-26(33)30(27)31(24)38)21(4)14-17-42-29-11-8-22(19-35-29)32(39)36-43(40,41)20(2)3/h8,11,19-21,23-28,30-31,37-38H,7,9-10,12-18H2,1-6H3,(H,36,39)/t21-,23-,24-,25-,26+,27+,28+,30+,31-,33-,34-/m1/s1. The second-order valence-electron chi connectivity index (χ2n) is 15.1. The molecule has 4 fully saturated rings. The number of ether oxygens (including phenoxy) is 1. The van der Waals surface area contributed by atoms with Gasteiger partial charge in [-0.1, -0.05) is 34.1 Å². The highest BCUT2D eigenvalue weighted by molar-refractivity contribution is 7.90. The Balaban J connectivity index is 1.20. The monoisotopic (exact) mass is 618 g/mol. The molecule has 0 aliphatic heterocycles. The highest BCUT2D eigenvalue weighted by atomic mass is 32.2. The number of carbonyl (C=O) groups excluding carboxylic acids is 1. The Labute approximate surface area is 258 Å². The molecule has 1 heterocycles. The molecule has 0 aromatic carbocycles. The number of amides is 1. The van der Waals surface area contributed by atoms with Gasteiger partial charge in [0.25, 0.3) is 5.91 Å². The van der Waals surface area contributed by atoms with Crippen molar-refractivity contribution in [2.75, 3.05) is 6.61 Å². The summed E-state index contributed by atoms with van der Waals surface area (Å²) in [4.78, 5) is 16.6. The molecule has 5 rings (SSSR count). The van der Waals surface area contributed by atoms with Crippen LogP contribution in [0.25, 0.3) is 0 Å². The number of rotatable bonds is 9. The van der Waals surface area contributed by atoms with Crippen molar-refractivity contribution in [2.45, 2.75) is 117 Å². The third kappa shape index (κ3) is 5.87. The number of hydrogen-bond acceptors (Lipinski definition) is 7. The molecule has 1 aromatic heterocycles. The molecule has 242 valence electrons. The van der Waals surface area contributed by atoms with E-state index in [0.717, 1.165) is 32.1 Å². The second-order valence-corrected chi connectivity index (χ2v) is 17.4. The van der Waals surface area contributed by atoms with Crippen LogP contribution >= 0.6 is 0 Å². The van der Waals surface area contributed by atoms with Crippen molar-refractivity contribution in [3.05, 3.63) is 23.9 Å². The highest BCUT2D eigenvalue weighted by Gasteiger charge is 2.64. The molecule has 8 nitrogen and oxygen atoms in total. The zero-order valence-corrected chi connectivity index (χ0v) is 27.8. The topological polar surface area (TPSA) is 126 Å². The van der Waals surface area contributed by atoms with Gasteiger partial charge in [-0.05, 0) is 124 Å². The number of hydrogen-bond donors (Lipinski definition) is 3. The molecule has 11 atom stereocenters. The van der Waals surface area contributed by atoms with Crippen molar-refractivity contribution in [1.29, 1.82) is 0 Å². The molecule has 0 radical (unpaired) electrons. The molecule has 0 saturated heterocycles. The Hall–Kier alpha value is -1.71. The Morgan fingerprint density at radius 3 is 2.40 bits per heavy atom. The number of pyridine rings is 1. The Bertz CT molecular complexity index is 1250. The van der Waals surface area contributed by atoms with E-state index in [1.54, 1.807) is 6.07 Å². The molecular formula is C34H54N2O6S. The van der Waals surface area contributed by atoms with Crippen molar-refractivity contribution < 1.29 is 28.2 Å². The normalized spacial score (nSPS) is 39.8. The van der Waals surface area contributed by atoms with Crippen LogP contribution in [0.3, 0.4) is 0 Å². The molecule has 0 unspecified atom stereocenters. The average Bonchev–Trinajstić information content (AvgIpc) is 3.31. The van der Waals surface area contributed by atoms with E-state index in [1.807, 2.05) is 0 Å². The quantitative estimate of drug-likeness (QED) is 0.330. The first-order valence-corrected chi connectivity index (χ1v) is 18.3. The lowest BCUT2D eigenvalue weighted by atomic mass is 9.41. The van der Waals surface area contributed by atoms with E-state index in [2.05, 4.69) is 37.4 Å². The van der Waals surface area contributed by atoms with Crippen LogP contribution in [-0.2, 0) is 10.0 Å². The lowest BCUT2D eigenvalue weighted by Gasteiger charge is -2.64. The molecule has 1 amide bonds. The lowest BCUT2D eigenvalue weighted by Crippen LogP contribution is -2.62. The highest BCUT2D eigenvalue weighted by Crippen LogP contribution is 2.69. The molecule has 9 heteroatoms. The van der Waals surface area contributed by atoms with E-state index >= 15 is 0 Å². The summed E-state index contributed by atoms with van der Waals surface area (Å²) in [6.07, 6.45) is 10.3. The van der Waals surface area contributed by atoms with Crippen LogP contribution in [0.2, 0.25) is 0 Å². The maximum atomic E-state index is 12.3. The van der Waals surface area contributed by atoms with Gasteiger partial charge in [-0.3, -0.25) is 4.79 Å². The predicted octanol–water partition coefficient (Wildman–Crippen LogP) is 5.58. The van der Waals surface area contributed by atoms with Crippen LogP contribution in [0, 0.1) is 52.3 Å². The molecule has 1 aromatic rings. The van der Waals surface area contributed by atoms with E-state index in [0.29, 0.717) is 48.0 Å². The minimum absolute atomic E-state index is 0.172. The van der Waals surface area contributed by atoms with Crippen LogP contribution in [0.1, 0.15) is 110 Å². The summed E-state index contributed by atoms with van der Waals surface area (Å²) in [5, 5.41) is 21.8. The third-order valence-corrected chi connectivity index (χ3v) is 14.5. The molecule has 0 bridgehead atoms. The second kappa shape index (κ2) is 12.2. The summed E-state index contributed by atoms with van der Waals surface area (Å²) < 4.78 is 32.1. The summed E-state index contributed by atoms with van der Waals surface area (Å²) in [5.74, 6) is 2.89. The van der Waals surface area contributed by atoms with Crippen LogP contribution in [0.5, 0.6) is 5.88 Å². The fraction of sp³-hybridized carbons (Fsp3) is 0.824. The maximum Gasteiger partial charge on any atom is 0.266 e. The van der Waals surface area contributed by atoms with E-state index in [9.17, 15) is 23.4 Å². The first-order valence-electron chi connectivity index (χ1n) is 16.7. The average molecular weight is 619 g/mol. The van der Waals surface area contributed by atoms with Crippen LogP contribution in [0.4, 0.5) is 0 Å². The van der Waals surface area contributed by atoms with Crippen LogP contribution in [-0.4, -0.2) is 53.6 Å². The fourth-order valence-corrected chi connectivity index (χ4v) is 11.0. The van der Waals surface area contributed by atoms with E-state index < -0.39 is 21.2 Å². The number of nitrogens with one attached hydrogen (secondary N) is 1. The smallest absolute Gasteiger partial charge is 0.266 e. The van der Waals surface area contributed by atoms with Crippen molar-refractivity contribution in [3.8, 4) is 5.88 Å². The number of fused-ring (bicyclic) bond motifs is 5. The summed E-state index contributed by atoms with van der Waals surface area (Å²) >= 11 is 0. The van der Waals surface area contributed by atoms with Gasteiger partial charge in [-0.2, -0.15) is 0 Å². The van der Waals surface area contributed by atoms with E-state index in [4.69, 9.17) is 4.74 Å². The minimum Gasteiger partial charge on any atom is -0.478 e. The number of nitrogens with zero attached hydrogens (tertiary/aromatic N) is 1. The van der Waals surface area contributed by atoms with Crippen molar-refractivity contribution in [3.63, 3.8) is 0 Å². The van der Waals surface area contributed by atoms with Gasteiger partial charge in [0, 0.05) is 12.3 Å². The maximum absolute atomic E-state index is 12.3. The molecular weight excluding hydrogens is 564 g/mol. The summed E-state index contributed by atoms with van der Waals surface area (Å²) in [6.45, 7) is 13.1. The molecule has 43 heavy (non-hydrogen) atoms. The SMILES string of the molecule is CC[C@H]1[C@@H](O)[C@@H]2[C@H](CC[C@]3(C)[C@@H]([C@H](C)CCOc4ccc(C(=O)NS(=O)(=O)C(C)C)cn4)CC[C@@H]23)[C@@]2(C)CC[C@@H](O)C[C@@H]12. The van der Waals surface area contributed by atoms with Gasteiger partial charge in [0.2, 0.25) is 15.9 Å². The number of aliphatic hydroxyl groups excluding tert-OH is 2. The number of sulfonamides is 1. The lowest BCUT2D eigenvalue weighted by molar-refractivity contribution is -0.203. The molecule has 4 saturated carbocycles. The van der Waals surface area contributed by atoms with Gasteiger partial charge in [-0.25, -0.2) is 18.1 Å². The van der Waals surface area contributed by atoms with Gasteiger partial charge < -0.3 is 14.9 Å². The zero-order chi connectivity index (χ0) is 31.3. The number of aromatic nitrogens is 1. The first-order chi connectivity index (χ1) is 20.2. The molecule has 0 spiro atoms. The van der Waals surface area contributed by atoms with E-state index in [-0.39, 0.29) is 34.5 Å². The molecule has 4 aliphatic carbocycles. The van der Waals surface area contributed by atoms with Gasteiger partial charge in [0.1, 0.15) is 0 Å². The summed E-state index contributed by atoms with van der Waals surface area (Å²) in [5.41, 5.74) is 0.598. The Kier molecular flexibility index (Phi) is 9.30. The first kappa shape index (κ1) is 32.7. The largest absolute Gasteiger partial charge is 0.478 e. The summed E-state index contributed by atoms with van der Waals surface area (Å²) in [6, 6.07) is 3.15. The fourth-order valence-electron chi connectivity index (χ4n) is 10.4. The van der Waals surface area contributed by atoms with Crippen molar-refractivity contribution in [2.24, 2.45) is 52.3 Å². The van der Waals surface area contributed by atoms with Gasteiger partial charge in [-0.15, -0.1) is 0 Å². The van der Waals surface area contributed by atoms with Gasteiger partial charge in [0.15, 0.2) is 0 Å². The van der Waals surface area contributed by atoms with Crippen LogP contribution < -0.4 is 9.46 Å². The number of aliphatic hydroxyl groups is 2. The Morgan fingerprint density at radius 1 is 1.05 bits per heavy atom. The molecule has 4 aliphatic rings. The summed E-state index contributed by atoms with van der Waals surface area (Å²) in [7, 11) is -3.71. The van der Waals surface area contributed by atoms with Gasteiger partial charge in [0.05, 0.1) is 29.6 Å². The predicted molar refractivity (Wildman–Crippen MR) is 167 cm³/mol. The van der Waals surface area contributed by atoms with Crippen molar-refractivity contribution in [1.82, 2.24) is 9.71 Å². The minimum atomic E-state index is -3.71. The van der Waals surface area contributed by atoms with Crippen molar-refractivity contribution >= 4 is 15.9 Å². The van der Waals surface area contributed by atoms with E-state index in [1.165, 1.54) is 51.8 Å². The molecule has 3 N–H and O–H groups in total.